The molecule has 2 N–H and O–H groups in total. The third kappa shape index (κ3) is 2.83. The number of halogens is 3. The Hall–Kier alpha value is -2.25. The standard InChI is InChI=1S/C17H19F3N4O/c18-17(19,20)12-3-13-6-22-9-24(13)16(4-12)23-7-10-1-2-11(8-23)14(10)5-15(21)25/h3-4,6,9-11,14H,1-2,5,7-8H2,(H2,21,25). The summed E-state index contributed by atoms with van der Waals surface area (Å²) >= 11 is 0. The van der Waals surface area contributed by atoms with E-state index in [0.29, 0.717) is 42.7 Å². The molecular formula is C17H19F3N4O. The first-order valence-electron chi connectivity index (χ1n) is 8.39. The highest BCUT2D eigenvalue weighted by molar-refractivity contribution is 5.74. The molecule has 4 rings (SSSR count). The van der Waals surface area contributed by atoms with E-state index in [1.807, 2.05) is 4.90 Å². The summed E-state index contributed by atoms with van der Waals surface area (Å²) in [7, 11) is 0. The van der Waals surface area contributed by atoms with Crippen LogP contribution in [0.25, 0.3) is 5.52 Å². The van der Waals surface area contributed by atoms with Gasteiger partial charge in [0.15, 0.2) is 0 Å². The summed E-state index contributed by atoms with van der Waals surface area (Å²) in [4.78, 5) is 17.3. The molecule has 1 saturated carbocycles. The molecule has 3 heterocycles. The maximum Gasteiger partial charge on any atom is 0.416 e. The number of hydrogen-bond acceptors (Lipinski definition) is 3. The third-order valence-corrected chi connectivity index (χ3v) is 5.62. The lowest BCUT2D eigenvalue weighted by atomic mass is 9.82. The summed E-state index contributed by atoms with van der Waals surface area (Å²) in [5.74, 6) is 1.04. The van der Waals surface area contributed by atoms with Crippen molar-refractivity contribution in [2.24, 2.45) is 23.5 Å². The Morgan fingerprint density at radius 1 is 1.24 bits per heavy atom. The fourth-order valence-electron chi connectivity index (χ4n) is 4.51. The van der Waals surface area contributed by atoms with Gasteiger partial charge in [-0.2, -0.15) is 13.2 Å². The van der Waals surface area contributed by atoms with Crippen molar-refractivity contribution in [1.29, 1.82) is 0 Å². The second-order valence-corrected chi connectivity index (χ2v) is 7.13. The van der Waals surface area contributed by atoms with E-state index in [1.54, 1.807) is 10.7 Å². The normalized spacial score (nSPS) is 26.4. The van der Waals surface area contributed by atoms with Crippen LogP contribution in [0.4, 0.5) is 19.0 Å². The van der Waals surface area contributed by atoms with Gasteiger partial charge in [-0.15, -0.1) is 0 Å². The molecule has 1 amide bonds. The first-order chi connectivity index (χ1) is 11.8. The molecule has 2 aliphatic rings. The summed E-state index contributed by atoms with van der Waals surface area (Å²) in [6.07, 6.45) is 0.933. The molecule has 2 aromatic rings. The number of anilines is 1. The van der Waals surface area contributed by atoms with Gasteiger partial charge >= 0.3 is 6.18 Å². The predicted molar refractivity (Wildman–Crippen MR) is 85.9 cm³/mol. The zero-order chi connectivity index (χ0) is 17.8. The van der Waals surface area contributed by atoms with Gasteiger partial charge < -0.3 is 10.6 Å². The number of fused-ring (bicyclic) bond motifs is 3. The van der Waals surface area contributed by atoms with E-state index in [-0.39, 0.29) is 11.8 Å². The van der Waals surface area contributed by atoms with Crippen LogP contribution in [0.2, 0.25) is 0 Å². The van der Waals surface area contributed by atoms with Crippen molar-refractivity contribution in [2.75, 3.05) is 18.0 Å². The number of hydrogen-bond donors (Lipinski definition) is 1. The molecule has 0 spiro atoms. The number of carbonyl (C=O) groups excluding carboxylic acids is 1. The molecule has 1 aliphatic heterocycles. The van der Waals surface area contributed by atoms with Crippen LogP contribution in [0, 0.1) is 17.8 Å². The van der Waals surface area contributed by atoms with Gasteiger partial charge in [0.05, 0.1) is 17.3 Å². The predicted octanol–water partition coefficient (Wildman–Crippen LogP) is 2.69. The minimum absolute atomic E-state index is 0.248. The van der Waals surface area contributed by atoms with E-state index < -0.39 is 11.7 Å². The SMILES string of the molecule is NC(=O)CC1C2CCC1CN(c1cc(C(F)(F)F)cc3cncn13)C2. The van der Waals surface area contributed by atoms with E-state index in [2.05, 4.69) is 4.98 Å². The summed E-state index contributed by atoms with van der Waals surface area (Å²) in [6.45, 7) is 1.28. The van der Waals surface area contributed by atoms with Gasteiger partial charge in [-0.1, -0.05) is 0 Å². The highest BCUT2D eigenvalue weighted by Gasteiger charge is 2.43. The van der Waals surface area contributed by atoms with Crippen molar-refractivity contribution in [3.63, 3.8) is 0 Å². The molecule has 1 aliphatic carbocycles. The maximum absolute atomic E-state index is 13.2. The number of alkyl halides is 3. The first kappa shape index (κ1) is 16.2. The second-order valence-electron chi connectivity index (χ2n) is 7.13. The fraction of sp³-hybridized carbons (Fsp3) is 0.529. The van der Waals surface area contributed by atoms with Crippen LogP contribution in [0.15, 0.2) is 24.7 Å². The number of piperidine rings is 1. The molecule has 2 bridgehead atoms. The molecule has 2 atom stereocenters. The second kappa shape index (κ2) is 5.64. The zero-order valence-electron chi connectivity index (χ0n) is 13.5. The summed E-state index contributed by atoms with van der Waals surface area (Å²) in [5.41, 5.74) is 5.12. The molecule has 2 aromatic heterocycles. The van der Waals surface area contributed by atoms with Crippen molar-refractivity contribution in [1.82, 2.24) is 9.38 Å². The van der Waals surface area contributed by atoms with Gasteiger partial charge in [0.1, 0.15) is 12.1 Å². The number of primary amides is 1. The van der Waals surface area contributed by atoms with E-state index in [9.17, 15) is 18.0 Å². The molecule has 5 nitrogen and oxygen atoms in total. The van der Waals surface area contributed by atoms with Gasteiger partial charge in [-0.3, -0.25) is 9.20 Å². The van der Waals surface area contributed by atoms with Crippen LogP contribution < -0.4 is 10.6 Å². The van der Waals surface area contributed by atoms with Crippen LogP contribution in [-0.2, 0) is 11.0 Å². The van der Waals surface area contributed by atoms with Gasteiger partial charge in [0.25, 0.3) is 0 Å². The molecule has 2 fully saturated rings. The Morgan fingerprint density at radius 2 is 1.92 bits per heavy atom. The van der Waals surface area contributed by atoms with Crippen molar-refractivity contribution >= 4 is 17.2 Å². The van der Waals surface area contributed by atoms with Crippen LogP contribution >= 0.6 is 0 Å². The lowest BCUT2D eigenvalue weighted by molar-refractivity contribution is -0.137. The number of amides is 1. The number of rotatable bonds is 3. The largest absolute Gasteiger partial charge is 0.416 e. The Balaban J connectivity index is 1.69. The fourth-order valence-corrected chi connectivity index (χ4v) is 4.51. The highest BCUT2D eigenvalue weighted by atomic mass is 19.4. The van der Waals surface area contributed by atoms with Crippen LogP contribution in [0.3, 0.4) is 0 Å². The summed E-state index contributed by atoms with van der Waals surface area (Å²) in [6, 6.07) is 2.31. The number of carbonyl (C=O) groups is 1. The van der Waals surface area contributed by atoms with Crippen molar-refractivity contribution in [2.45, 2.75) is 25.4 Å². The van der Waals surface area contributed by atoms with Gasteiger partial charge in [-0.05, 0) is 42.7 Å². The summed E-state index contributed by atoms with van der Waals surface area (Å²) < 4.78 is 41.4. The van der Waals surface area contributed by atoms with E-state index in [1.165, 1.54) is 12.3 Å². The van der Waals surface area contributed by atoms with Crippen molar-refractivity contribution in [3.8, 4) is 0 Å². The Labute approximate surface area is 142 Å². The average Bonchev–Trinajstić information content (AvgIpc) is 3.07. The molecule has 8 heteroatoms. The van der Waals surface area contributed by atoms with E-state index in [0.717, 1.165) is 18.9 Å². The lowest BCUT2D eigenvalue weighted by Gasteiger charge is -2.39. The van der Waals surface area contributed by atoms with E-state index >= 15 is 0 Å². The molecular weight excluding hydrogens is 333 g/mol. The smallest absolute Gasteiger partial charge is 0.370 e. The van der Waals surface area contributed by atoms with E-state index in [4.69, 9.17) is 5.73 Å². The topological polar surface area (TPSA) is 63.6 Å². The third-order valence-electron chi connectivity index (χ3n) is 5.62. The molecule has 134 valence electrons. The van der Waals surface area contributed by atoms with Gasteiger partial charge in [-0.25, -0.2) is 4.98 Å². The molecule has 0 radical (unpaired) electrons. The van der Waals surface area contributed by atoms with Gasteiger partial charge in [0, 0.05) is 19.5 Å². The minimum atomic E-state index is -4.40. The average molecular weight is 352 g/mol. The monoisotopic (exact) mass is 352 g/mol. The Bertz CT molecular complexity index is 802. The highest BCUT2D eigenvalue weighted by Crippen LogP contribution is 2.45. The Morgan fingerprint density at radius 3 is 2.52 bits per heavy atom. The number of nitrogens with two attached hydrogens (primary N) is 1. The first-order valence-corrected chi connectivity index (χ1v) is 8.39. The lowest BCUT2D eigenvalue weighted by Crippen LogP contribution is -2.44. The van der Waals surface area contributed by atoms with Crippen LogP contribution in [0.5, 0.6) is 0 Å². The van der Waals surface area contributed by atoms with Crippen LogP contribution in [-0.4, -0.2) is 28.4 Å². The number of nitrogens with zero attached hydrogens (tertiary/aromatic N) is 3. The molecule has 0 aromatic carbocycles. The molecule has 25 heavy (non-hydrogen) atoms. The maximum atomic E-state index is 13.2. The molecule has 1 saturated heterocycles. The minimum Gasteiger partial charge on any atom is -0.370 e. The van der Waals surface area contributed by atoms with Crippen molar-refractivity contribution in [3.05, 3.63) is 30.2 Å². The van der Waals surface area contributed by atoms with Crippen molar-refractivity contribution < 1.29 is 18.0 Å². The number of imidazole rings is 1. The number of pyridine rings is 1. The molecule has 2 unspecified atom stereocenters. The quantitative estimate of drug-likeness (QED) is 0.924. The zero-order valence-corrected chi connectivity index (χ0v) is 13.5. The van der Waals surface area contributed by atoms with Crippen LogP contribution in [0.1, 0.15) is 24.8 Å². The van der Waals surface area contributed by atoms with Gasteiger partial charge in [0.2, 0.25) is 5.91 Å². The number of aromatic nitrogens is 2. The Kier molecular flexibility index (Phi) is 3.66. The summed E-state index contributed by atoms with van der Waals surface area (Å²) in [5, 5.41) is 0.